The minimum absolute atomic E-state index is 0.400. The highest BCUT2D eigenvalue weighted by atomic mass is 35.5. The van der Waals surface area contributed by atoms with Gasteiger partial charge in [-0.3, -0.25) is 0 Å². The second-order valence-electron chi connectivity index (χ2n) is 6.69. The lowest BCUT2D eigenvalue weighted by atomic mass is 9.92. The zero-order chi connectivity index (χ0) is 18.1. The van der Waals surface area contributed by atoms with E-state index >= 15 is 0 Å². The number of fused-ring (bicyclic) bond motifs is 1. The highest BCUT2D eigenvalue weighted by molar-refractivity contribution is 6.30. The maximum atomic E-state index is 12.4. The lowest BCUT2D eigenvalue weighted by molar-refractivity contribution is 0.0734. The Morgan fingerprint density at radius 3 is 2.40 bits per heavy atom. The van der Waals surface area contributed by atoms with E-state index in [1.807, 2.05) is 13.0 Å². The van der Waals surface area contributed by atoms with Crippen LogP contribution in [0.15, 0.2) is 48.5 Å². The van der Waals surface area contributed by atoms with Gasteiger partial charge in [-0.25, -0.2) is 4.79 Å². The van der Waals surface area contributed by atoms with Gasteiger partial charge >= 0.3 is 5.97 Å². The Kier molecular flexibility index (Phi) is 4.82. The Bertz CT molecular complexity index is 958. The van der Waals surface area contributed by atoms with E-state index in [0.717, 1.165) is 10.9 Å². The van der Waals surface area contributed by atoms with E-state index < -0.39 is 5.97 Å². The zero-order valence-corrected chi connectivity index (χ0v) is 15.6. The largest absolute Gasteiger partial charge is 0.423 e. The van der Waals surface area contributed by atoms with Crippen LogP contribution in [-0.4, -0.2) is 5.97 Å². The first-order valence-electron chi connectivity index (χ1n) is 8.38. The third-order valence-corrected chi connectivity index (χ3v) is 4.68. The summed E-state index contributed by atoms with van der Waals surface area (Å²) in [5.41, 5.74) is 3.85. The van der Waals surface area contributed by atoms with Crippen molar-refractivity contribution in [3.8, 4) is 5.75 Å². The molecule has 0 aliphatic rings. The zero-order valence-electron chi connectivity index (χ0n) is 14.9. The fourth-order valence-corrected chi connectivity index (χ4v) is 3.23. The van der Waals surface area contributed by atoms with Gasteiger partial charge in [0.2, 0.25) is 0 Å². The lowest BCUT2D eigenvalue weighted by Gasteiger charge is -2.15. The molecule has 25 heavy (non-hydrogen) atoms. The van der Waals surface area contributed by atoms with Gasteiger partial charge in [-0.15, -0.1) is 0 Å². The predicted molar refractivity (Wildman–Crippen MR) is 104 cm³/mol. The molecule has 0 saturated carbocycles. The molecule has 0 heterocycles. The summed E-state index contributed by atoms with van der Waals surface area (Å²) in [5.74, 6) is 0.617. The van der Waals surface area contributed by atoms with Crippen molar-refractivity contribution in [2.75, 3.05) is 0 Å². The molecule has 0 amide bonds. The molecule has 0 unspecified atom stereocenters. The van der Waals surface area contributed by atoms with Crippen LogP contribution in [0.2, 0.25) is 5.02 Å². The summed E-state index contributed by atoms with van der Waals surface area (Å²) >= 11 is 5.96. The van der Waals surface area contributed by atoms with Gasteiger partial charge in [0.05, 0.1) is 5.56 Å². The summed E-state index contributed by atoms with van der Waals surface area (Å²) in [6, 6.07) is 15.2. The van der Waals surface area contributed by atoms with Crippen molar-refractivity contribution in [3.63, 3.8) is 0 Å². The van der Waals surface area contributed by atoms with E-state index in [0.29, 0.717) is 22.3 Å². The van der Waals surface area contributed by atoms with Crippen molar-refractivity contribution in [1.82, 2.24) is 0 Å². The van der Waals surface area contributed by atoms with E-state index in [1.165, 1.54) is 16.5 Å². The van der Waals surface area contributed by atoms with Crippen molar-refractivity contribution >= 4 is 28.3 Å². The summed E-state index contributed by atoms with van der Waals surface area (Å²) < 4.78 is 5.65. The van der Waals surface area contributed by atoms with Gasteiger partial charge in [0.25, 0.3) is 0 Å². The van der Waals surface area contributed by atoms with E-state index in [-0.39, 0.29) is 0 Å². The maximum absolute atomic E-state index is 12.4. The number of carbonyl (C=O) groups excluding carboxylic acids is 1. The van der Waals surface area contributed by atoms with Crippen molar-refractivity contribution in [3.05, 3.63) is 75.8 Å². The average Bonchev–Trinajstić information content (AvgIpc) is 2.56. The van der Waals surface area contributed by atoms with E-state index in [2.05, 4.69) is 39.0 Å². The molecule has 0 saturated heterocycles. The van der Waals surface area contributed by atoms with Crippen molar-refractivity contribution in [2.45, 2.75) is 33.6 Å². The van der Waals surface area contributed by atoms with Crippen LogP contribution in [0.1, 0.15) is 46.8 Å². The van der Waals surface area contributed by atoms with E-state index in [1.54, 1.807) is 24.3 Å². The van der Waals surface area contributed by atoms with Gasteiger partial charge in [-0.05, 0) is 77.6 Å². The van der Waals surface area contributed by atoms with Crippen LogP contribution >= 0.6 is 11.6 Å². The molecule has 0 fully saturated rings. The Morgan fingerprint density at radius 1 is 0.960 bits per heavy atom. The Labute approximate surface area is 153 Å². The SMILES string of the molecule is Cc1cc2c(C(C)C)ccc(C)c2cc1OC(=O)c1cccc(Cl)c1. The van der Waals surface area contributed by atoms with Crippen LogP contribution in [0.3, 0.4) is 0 Å². The molecule has 0 aliphatic carbocycles. The van der Waals surface area contributed by atoms with Crippen molar-refractivity contribution in [2.24, 2.45) is 0 Å². The highest BCUT2D eigenvalue weighted by Crippen LogP contribution is 2.33. The molecule has 0 N–H and O–H groups in total. The smallest absolute Gasteiger partial charge is 0.343 e. The Balaban J connectivity index is 2.04. The number of carbonyl (C=O) groups is 1. The molecular formula is C22H21ClO2. The van der Waals surface area contributed by atoms with Crippen molar-refractivity contribution < 1.29 is 9.53 Å². The third kappa shape index (κ3) is 3.54. The Hall–Kier alpha value is -2.32. The van der Waals surface area contributed by atoms with Crippen LogP contribution in [0.25, 0.3) is 10.8 Å². The quantitative estimate of drug-likeness (QED) is 0.399. The van der Waals surface area contributed by atoms with E-state index in [4.69, 9.17) is 16.3 Å². The first kappa shape index (κ1) is 17.5. The van der Waals surface area contributed by atoms with Crippen molar-refractivity contribution in [1.29, 1.82) is 0 Å². The van der Waals surface area contributed by atoms with Gasteiger partial charge in [-0.1, -0.05) is 43.6 Å². The first-order chi connectivity index (χ1) is 11.9. The molecule has 0 aromatic heterocycles. The summed E-state index contributed by atoms with van der Waals surface area (Å²) in [7, 11) is 0. The number of esters is 1. The van der Waals surface area contributed by atoms with Gasteiger partial charge in [0.1, 0.15) is 5.75 Å². The van der Waals surface area contributed by atoms with Gasteiger partial charge < -0.3 is 4.74 Å². The topological polar surface area (TPSA) is 26.3 Å². The number of hydrogen-bond acceptors (Lipinski definition) is 2. The predicted octanol–water partition coefficient (Wildman–Crippen LogP) is 6.45. The molecule has 0 aliphatic heterocycles. The first-order valence-corrected chi connectivity index (χ1v) is 8.76. The number of rotatable bonds is 3. The summed E-state index contributed by atoms with van der Waals surface area (Å²) in [4.78, 5) is 12.4. The summed E-state index contributed by atoms with van der Waals surface area (Å²) in [6.07, 6.45) is 0. The van der Waals surface area contributed by atoms with Gasteiger partial charge in [-0.2, -0.15) is 0 Å². The monoisotopic (exact) mass is 352 g/mol. The van der Waals surface area contributed by atoms with Crippen LogP contribution < -0.4 is 4.74 Å². The molecular weight excluding hydrogens is 332 g/mol. The summed E-state index contributed by atoms with van der Waals surface area (Å²) in [6.45, 7) is 8.41. The maximum Gasteiger partial charge on any atom is 0.343 e. The highest BCUT2D eigenvalue weighted by Gasteiger charge is 2.14. The molecule has 2 nitrogen and oxygen atoms in total. The average molecular weight is 353 g/mol. The minimum atomic E-state index is -0.400. The van der Waals surface area contributed by atoms with Gasteiger partial charge in [0.15, 0.2) is 0 Å². The molecule has 3 aromatic carbocycles. The number of ether oxygens (including phenoxy) is 1. The van der Waals surface area contributed by atoms with Crippen LogP contribution in [-0.2, 0) is 0 Å². The molecule has 128 valence electrons. The van der Waals surface area contributed by atoms with Crippen LogP contribution in [0.5, 0.6) is 5.75 Å². The molecule has 0 spiro atoms. The Morgan fingerprint density at radius 2 is 1.72 bits per heavy atom. The van der Waals surface area contributed by atoms with Gasteiger partial charge in [0, 0.05) is 5.02 Å². The fourth-order valence-electron chi connectivity index (χ4n) is 3.04. The lowest BCUT2D eigenvalue weighted by Crippen LogP contribution is -2.09. The number of benzene rings is 3. The third-order valence-electron chi connectivity index (χ3n) is 4.45. The number of aryl methyl sites for hydroxylation is 2. The molecule has 0 atom stereocenters. The molecule has 3 heteroatoms. The van der Waals surface area contributed by atoms with Crippen LogP contribution in [0, 0.1) is 13.8 Å². The molecule has 0 radical (unpaired) electrons. The van der Waals surface area contributed by atoms with E-state index in [9.17, 15) is 4.79 Å². The summed E-state index contributed by atoms with van der Waals surface area (Å²) in [5, 5.41) is 2.85. The van der Waals surface area contributed by atoms with Crippen LogP contribution in [0.4, 0.5) is 0 Å². The minimum Gasteiger partial charge on any atom is -0.423 e. The standard InChI is InChI=1S/C22H21ClO2/c1-13(2)18-9-8-14(3)19-12-21(15(4)10-20(18)19)25-22(24)16-6-5-7-17(23)11-16/h5-13H,1-4H3. The molecule has 0 bridgehead atoms. The molecule has 3 aromatic rings. The fraction of sp³-hybridized carbons (Fsp3) is 0.227. The number of hydrogen-bond donors (Lipinski definition) is 0. The second kappa shape index (κ2) is 6.89. The number of halogens is 1. The normalized spacial score (nSPS) is 11.1. The molecule has 3 rings (SSSR count). The second-order valence-corrected chi connectivity index (χ2v) is 7.13.